The SMILES string of the molecule is [B]c1c([B])c(-c2ccc3c(c2)C(=O)N(Cc2ncccn2)C([B])([B])C([B])([B])O3)c([B])c([B])c1OC(F)(F)F. The number of hydrogen-bond donors (Lipinski definition) is 0. The average molecular weight is 494 g/mol. The number of hydrogen-bond acceptors (Lipinski definition) is 5. The Morgan fingerprint density at radius 2 is 1.53 bits per heavy atom. The van der Waals surface area contributed by atoms with Gasteiger partial charge in [0, 0.05) is 17.8 Å². The molecular formula is C21H8B8F3N3O3. The largest absolute Gasteiger partial charge is 0.573 e. The molecule has 2 aromatic carbocycles. The van der Waals surface area contributed by atoms with Crippen molar-refractivity contribution in [3.63, 3.8) is 0 Å². The van der Waals surface area contributed by atoms with E-state index in [0.29, 0.717) is 0 Å². The van der Waals surface area contributed by atoms with Crippen LogP contribution in [0.25, 0.3) is 11.1 Å². The van der Waals surface area contributed by atoms with Crippen LogP contribution in [-0.2, 0) is 6.54 Å². The highest BCUT2D eigenvalue weighted by Crippen LogP contribution is 2.36. The second-order valence-corrected chi connectivity index (χ2v) is 8.39. The van der Waals surface area contributed by atoms with Gasteiger partial charge in [0.25, 0.3) is 5.91 Å². The topological polar surface area (TPSA) is 64.6 Å². The molecule has 0 saturated heterocycles. The van der Waals surface area contributed by atoms with E-state index in [9.17, 15) is 18.0 Å². The van der Waals surface area contributed by atoms with Crippen LogP contribution in [0.4, 0.5) is 13.2 Å². The fourth-order valence-corrected chi connectivity index (χ4v) is 3.83. The molecular weight excluding hydrogens is 486 g/mol. The number of ether oxygens (including phenoxy) is 2. The van der Waals surface area contributed by atoms with Gasteiger partial charge in [0.05, 0.1) is 27.8 Å². The lowest BCUT2D eigenvalue weighted by Gasteiger charge is -2.49. The number of carbonyl (C=O) groups excluding carboxylic acids is 1. The minimum atomic E-state index is -5.11. The molecule has 0 saturated carbocycles. The number of alkyl halides is 3. The Bertz CT molecular complexity index is 1400. The monoisotopic (exact) mass is 495 g/mol. The lowest BCUT2D eigenvalue weighted by Crippen LogP contribution is -2.69. The van der Waals surface area contributed by atoms with Gasteiger partial charge in [-0.15, -0.1) is 13.2 Å². The zero-order valence-electron chi connectivity index (χ0n) is 19.5. The second kappa shape index (κ2) is 9.58. The summed E-state index contributed by atoms with van der Waals surface area (Å²) in [5.41, 5.74) is -2.08. The number of rotatable bonds is 4. The van der Waals surface area contributed by atoms with Gasteiger partial charge >= 0.3 is 6.36 Å². The minimum Gasteiger partial charge on any atom is -0.505 e. The predicted octanol–water partition coefficient (Wildman–Crippen LogP) is -2.77. The summed E-state index contributed by atoms with van der Waals surface area (Å²) in [6.07, 6.45) is -2.24. The van der Waals surface area contributed by atoms with E-state index in [2.05, 4.69) is 14.7 Å². The maximum atomic E-state index is 13.7. The fraction of sp³-hybridized carbons (Fsp3) is 0.190. The molecule has 0 bridgehead atoms. The Morgan fingerprint density at radius 3 is 2.08 bits per heavy atom. The quantitative estimate of drug-likeness (QED) is 0.369. The third-order valence-electron chi connectivity index (χ3n) is 5.84. The Labute approximate surface area is 227 Å². The van der Waals surface area contributed by atoms with Crippen LogP contribution in [0.1, 0.15) is 16.2 Å². The third kappa shape index (κ3) is 4.87. The molecule has 2 heterocycles. The molecule has 38 heavy (non-hydrogen) atoms. The number of aromatic nitrogens is 2. The fourth-order valence-electron chi connectivity index (χ4n) is 3.83. The number of amides is 1. The van der Waals surface area contributed by atoms with Gasteiger partial charge in [-0.2, -0.15) is 0 Å². The number of carbonyl (C=O) groups is 1. The van der Waals surface area contributed by atoms with Gasteiger partial charge in [-0.1, -0.05) is 27.9 Å². The Kier molecular flexibility index (Phi) is 7.04. The van der Waals surface area contributed by atoms with Crippen molar-refractivity contribution in [2.75, 3.05) is 0 Å². The maximum Gasteiger partial charge on any atom is 0.573 e. The van der Waals surface area contributed by atoms with Crippen molar-refractivity contribution in [2.24, 2.45) is 0 Å². The molecule has 0 fully saturated rings. The number of nitrogens with zero attached hydrogens (tertiary/aromatic N) is 3. The van der Waals surface area contributed by atoms with Crippen LogP contribution in [0.3, 0.4) is 0 Å². The molecule has 16 radical (unpaired) electrons. The van der Waals surface area contributed by atoms with E-state index in [0.717, 1.165) is 4.90 Å². The molecule has 3 aromatic rings. The van der Waals surface area contributed by atoms with E-state index < -0.39 is 39.7 Å². The van der Waals surface area contributed by atoms with E-state index in [1.54, 1.807) is 6.07 Å². The summed E-state index contributed by atoms with van der Waals surface area (Å²) in [4.78, 5) is 22.7. The van der Waals surface area contributed by atoms with Crippen molar-refractivity contribution in [2.45, 2.75) is 23.6 Å². The van der Waals surface area contributed by atoms with E-state index in [1.165, 1.54) is 30.6 Å². The molecule has 0 N–H and O–H groups in total. The molecule has 0 atom stereocenters. The first-order valence-electron chi connectivity index (χ1n) is 10.6. The van der Waals surface area contributed by atoms with Crippen LogP contribution in [0, 0.1) is 0 Å². The molecule has 0 unspecified atom stereocenters. The lowest BCUT2D eigenvalue weighted by molar-refractivity contribution is -0.273. The average Bonchev–Trinajstić information content (AvgIpc) is 2.88. The Morgan fingerprint density at radius 1 is 0.947 bits per heavy atom. The molecule has 4 rings (SSSR count). The van der Waals surface area contributed by atoms with Crippen LogP contribution in [-0.4, -0.2) is 101 Å². The Balaban J connectivity index is 1.87. The summed E-state index contributed by atoms with van der Waals surface area (Å²) in [6.45, 7) is -0.316. The maximum absolute atomic E-state index is 13.7. The zero-order chi connectivity index (χ0) is 28.2. The minimum absolute atomic E-state index is 0.0640. The van der Waals surface area contributed by atoms with Crippen LogP contribution in [0.5, 0.6) is 11.5 Å². The summed E-state index contributed by atoms with van der Waals surface area (Å²) in [7, 11) is 48.2. The molecule has 1 aliphatic rings. The van der Waals surface area contributed by atoms with Gasteiger partial charge in [-0.05, 0) is 34.7 Å². The summed E-state index contributed by atoms with van der Waals surface area (Å²) in [5, 5.41) is -4.57. The van der Waals surface area contributed by atoms with E-state index in [-0.39, 0.29) is 45.7 Å². The smallest absolute Gasteiger partial charge is 0.505 e. The third-order valence-corrected chi connectivity index (χ3v) is 5.84. The summed E-state index contributed by atoms with van der Waals surface area (Å²) < 4.78 is 48.1. The van der Waals surface area contributed by atoms with Crippen LogP contribution >= 0.6 is 0 Å². The predicted molar refractivity (Wildman–Crippen MR) is 141 cm³/mol. The molecule has 0 spiro atoms. The molecule has 170 valence electrons. The molecule has 1 aliphatic heterocycles. The van der Waals surface area contributed by atoms with Gasteiger partial charge < -0.3 is 14.4 Å². The highest BCUT2D eigenvalue weighted by atomic mass is 19.4. The number of halogens is 3. The molecule has 6 nitrogen and oxygen atoms in total. The summed E-state index contributed by atoms with van der Waals surface area (Å²) in [5.74, 6) is -1.71. The van der Waals surface area contributed by atoms with Gasteiger partial charge in [-0.3, -0.25) is 4.79 Å². The van der Waals surface area contributed by atoms with E-state index >= 15 is 0 Å². The van der Waals surface area contributed by atoms with Gasteiger partial charge in [0.15, 0.2) is 0 Å². The molecule has 1 amide bonds. The first-order chi connectivity index (χ1) is 17.5. The van der Waals surface area contributed by atoms with Crippen molar-refractivity contribution < 1.29 is 27.4 Å². The number of benzene rings is 2. The molecule has 17 heteroatoms. The second-order valence-electron chi connectivity index (χ2n) is 8.39. The van der Waals surface area contributed by atoms with Crippen molar-refractivity contribution >= 4 is 90.5 Å². The molecule has 0 aliphatic carbocycles. The van der Waals surface area contributed by atoms with Crippen molar-refractivity contribution in [1.82, 2.24) is 14.9 Å². The van der Waals surface area contributed by atoms with Crippen molar-refractivity contribution in [1.29, 1.82) is 0 Å². The zero-order valence-corrected chi connectivity index (χ0v) is 19.5. The van der Waals surface area contributed by atoms with E-state index in [4.69, 9.17) is 67.5 Å². The standard InChI is InChI=1S/C21H8B8F3N3O3/c22-13-12(14(23)16(25)17(15(13)24)38-21(30,31)32)8-2-3-10-9(6-8)18(36)35(7-11-33-4-1-5-34-11)19(26,27)20(28,29)37-10/h1-6H,7H2. The van der Waals surface area contributed by atoms with Crippen LogP contribution in [0.15, 0.2) is 36.7 Å². The summed E-state index contributed by atoms with van der Waals surface area (Å²) >= 11 is 0. The van der Waals surface area contributed by atoms with Crippen LogP contribution in [0.2, 0.25) is 0 Å². The first kappa shape index (κ1) is 27.9. The van der Waals surface area contributed by atoms with Crippen LogP contribution < -0.4 is 31.3 Å². The van der Waals surface area contributed by atoms with E-state index in [1.807, 2.05) is 0 Å². The van der Waals surface area contributed by atoms with Gasteiger partial charge in [0.2, 0.25) is 0 Å². The first-order valence-corrected chi connectivity index (χ1v) is 10.6. The molecule has 1 aromatic heterocycles. The lowest BCUT2D eigenvalue weighted by atomic mass is 9.39. The highest BCUT2D eigenvalue weighted by Gasteiger charge is 2.47. The van der Waals surface area contributed by atoms with Crippen molar-refractivity contribution in [3.05, 3.63) is 48.0 Å². The number of fused-ring (bicyclic) bond motifs is 1. The summed E-state index contributed by atoms with van der Waals surface area (Å²) in [6, 6.07) is 5.49. The highest BCUT2D eigenvalue weighted by molar-refractivity contribution is 6.61. The van der Waals surface area contributed by atoms with Gasteiger partial charge in [0.1, 0.15) is 64.4 Å². The van der Waals surface area contributed by atoms with Crippen molar-refractivity contribution in [3.8, 4) is 22.6 Å². The Hall–Kier alpha value is -3.10. The van der Waals surface area contributed by atoms with Gasteiger partial charge in [-0.25, -0.2) is 9.97 Å². The normalized spacial score (nSPS) is 16.3.